The average Bonchev–Trinajstić information content (AvgIpc) is 3.39. The Hall–Kier alpha value is -4.66. The molecule has 0 saturated carbocycles. The number of anilines is 2. The molecule has 0 radical (unpaired) electrons. The van der Waals surface area contributed by atoms with Crippen LogP contribution in [0, 0.1) is 22.6 Å². The van der Waals surface area contributed by atoms with Crippen LogP contribution in [0.2, 0.25) is 0 Å². The predicted octanol–water partition coefficient (Wildman–Crippen LogP) is 4.11. The summed E-state index contributed by atoms with van der Waals surface area (Å²) in [4.78, 5) is 29.4. The van der Waals surface area contributed by atoms with Gasteiger partial charge in [-0.3, -0.25) is 4.79 Å². The zero-order valence-corrected chi connectivity index (χ0v) is 20.4. The maximum absolute atomic E-state index is 13.6. The molecule has 0 unspecified atom stereocenters. The maximum Gasteiger partial charge on any atom is 0.231 e. The molecule has 2 aromatic heterocycles. The molecule has 10 nitrogen and oxygen atoms in total. The van der Waals surface area contributed by atoms with E-state index in [4.69, 9.17) is 19.7 Å². The smallest absolute Gasteiger partial charge is 0.231 e. The highest BCUT2D eigenvalue weighted by Gasteiger charge is 2.40. The highest BCUT2D eigenvalue weighted by Crippen LogP contribution is 2.35. The molecule has 0 aliphatic carbocycles. The number of carbonyl (C=O) groups is 1. The molecule has 5 rings (SSSR count). The van der Waals surface area contributed by atoms with E-state index in [1.54, 1.807) is 31.3 Å². The first-order valence-electron chi connectivity index (χ1n) is 11.8. The lowest BCUT2D eigenvalue weighted by molar-refractivity contribution is -0.230. The minimum absolute atomic E-state index is 0.0650. The van der Waals surface area contributed by atoms with E-state index in [0.717, 1.165) is 5.69 Å². The molecule has 4 aromatic rings. The summed E-state index contributed by atoms with van der Waals surface area (Å²) in [5, 5.41) is 14.5. The number of rotatable bonds is 7. The van der Waals surface area contributed by atoms with Crippen LogP contribution in [0.5, 0.6) is 0 Å². The van der Waals surface area contributed by atoms with E-state index in [2.05, 4.69) is 25.6 Å². The molecule has 1 saturated heterocycles. The number of aromatic amines is 1. The predicted molar refractivity (Wildman–Crippen MR) is 136 cm³/mol. The normalized spacial score (nSPS) is 18.9. The van der Waals surface area contributed by atoms with E-state index in [1.807, 2.05) is 36.4 Å². The van der Waals surface area contributed by atoms with Gasteiger partial charge in [-0.25, -0.2) is 19.3 Å². The second-order valence-electron chi connectivity index (χ2n) is 8.96. The first-order valence-corrected chi connectivity index (χ1v) is 11.8. The Labute approximate surface area is 217 Å². The lowest BCUT2D eigenvalue weighted by atomic mass is 9.91. The number of benzene rings is 2. The molecule has 0 atom stereocenters. The number of imidazole rings is 1. The van der Waals surface area contributed by atoms with Crippen LogP contribution in [0.15, 0.2) is 66.9 Å². The summed E-state index contributed by atoms with van der Waals surface area (Å²) < 4.78 is 25.4. The van der Waals surface area contributed by atoms with Crippen molar-refractivity contribution in [2.45, 2.75) is 13.2 Å². The van der Waals surface area contributed by atoms with E-state index < -0.39 is 11.7 Å². The number of nitrogens with zero attached hydrogens (tertiary/aromatic N) is 4. The summed E-state index contributed by atoms with van der Waals surface area (Å²) in [5.74, 6) is 0.0635. The topological polar surface area (TPSA) is 138 Å². The Morgan fingerprint density at radius 3 is 2.58 bits per heavy atom. The van der Waals surface area contributed by atoms with Crippen molar-refractivity contribution in [3.8, 4) is 28.7 Å². The number of H-pyrrole nitrogens is 1. The summed E-state index contributed by atoms with van der Waals surface area (Å²) in [6, 6.07) is 19.1. The summed E-state index contributed by atoms with van der Waals surface area (Å²) in [6.07, 6.45) is 0.755. The van der Waals surface area contributed by atoms with Crippen LogP contribution in [0.3, 0.4) is 0 Å². The average molecular weight is 514 g/mol. The molecule has 38 heavy (non-hydrogen) atoms. The largest absolute Gasteiger partial charge is 0.345 e. The number of nitrogens with one attached hydrogen (secondary N) is 3. The van der Waals surface area contributed by atoms with Crippen molar-refractivity contribution in [3.05, 3.63) is 78.5 Å². The van der Waals surface area contributed by atoms with E-state index in [0.29, 0.717) is 34.4 Å². The van der Waals surface area contributed by atoms with Crippen molar-refractivity contribution in [2.75, 3.05) is 25.1 Å². The third kappa shape index (κ3) is 5.36. The van der Waals surface area contributed by atoms with Crippen LogP contribution < -0.4 is 10.6 Å². The van der Waals surface area contributed by atoms with Crippen LogP contribution in [-0.2, 0) is 14.3 Å². The van der Waals surface area contributed by atoms with Gasteiger partial charge in [0, 0.05) is 17.4 Å². The Balaban J connectivity index is 1.45. The molecule has 2 aromatic carbocycles. The number of ether oxygens (including phenoxy) is 2. The Morgan fingerprint density at radius 2 is 1.87 bits per heavy atom. The fourth-order valence-corrected chi connectivity index (χ4v) is 3.95. The molecule has 1 fully saturated rings. The van der Waals surface area contributed by atoms with Crippen molar-refractivity contribution < 1.29 is 18.7 Å². The van der Waals surface area contributed by atoms with Crippen molar-refractivity contribution in [1.82, 2.24) is 25.3 Å². The molecule has 192 valence electrons. The van der Waals surface area contributed by atoms with Gasteiger partial charge in [0.15, 0.2) is 5.82 Å². The van der Waals surface area contributed by atoms with Gasteiger partial charge in [-0.05, 0) is 49.4 Å². The zero-order chi connectivity index (χ0) is 26.5. The zero-order valence-electron chi connectivity index (χ0n) is 20.4. The van der Waals surface area contributed by atoms with Gasteiger partial charge in [-0.1, -0.05) is 18.2 Å². The fourth-order valence-electron chi connectivity index (χ4n) is 3.95. The molecule has 1 aliphatic rings. The number of aromatic nitrogens is 4. The molecule has 1 aliphatic heterocycles. The number of carbonyl (C=O) groups excluding carboxylic acids is 1. The van der Waals surface area contributed by atoms with Crippen molar-refractivity contribution in [3.63, 3.8) is 0 Å². The first kappa shape index (κ1) is 25.0. The molecule has 3 N–H and O–H groups in total. The number of para-hydroxylation sites is 1. The lowest BCUT2D eigenvalue weighted by Crippen LogP contribution is -2.48. The second kappa shape index (κ2) is 10.8. The SMILES string of the molecule is CC1(C(=O)NCC#N)COC(c2nc(-c3ccc(F)cc3)c(-c3ccnc(Nc4ccccc4)n3)[nH]2)OC1. The number of nitriles is 1. The van der Waals surface area contributed by atoms with Gasteiger partial charge in [0.05, 0.1) is 41.8 Å². The van der Waals surface area contributed by atoms with Crippen LogP contribution >= 0.6 is 0 Å². The van der Waals surface area contributed by atoms with Gasteiger partial charge in [-0.15, -0.1) is 0 Å². The minimum Gasteiger partial charge on any atom is -0.345 e. The summed E-state index contributed by atoms with van der Waals surface area (Å²) in [5.41, 5.74) is 2.19. The summed E-state index contributed by atoms with van der Waals surface area (Å²) >= 11 is 0. The number of halogens is 1. The van der Waals surface area contributed by atoms with Gasteiger partial charge in [0.25, 0.3) is 0 Å². The van der Waals surface area contributed by atoms with Crippen molar-refractivity contribution in [2.24, 2.45) is 5.41 Å². The first-order chi connectivity index (χ1) is 18.4. The van der Waals surface area contributed by atoms with Crippen LogP contribution in [-0.4, -0.2) is 45.6 Å². The number of hydrogen-bond acceptors (Lipinski definition) is 8. The van der Waals surface area contributed by atoms with Crippen molar-refractivity contribution in [1.29, 1.82) is 5.26 Å². The van der Waals surface area contributed by atoms with Gasteiger partial charge >= 0.3 is 0 Å². The molecular formula is C27H24FN7O3. The Morgan fingerprint density at radius 1 is 1.13 bits per heavy atom. The van der Waals surface area contributed by atoms with Crippen LogP contribution in [0.1, 0.15) is 19.0 Å². The molecule has 3 heterocycles. The second-order valence-corrected chi connectivity index (χ2v) is 8.96. The molecular weight excluding hydrogens is 489 g/mol. The van der Waals surface area contributed by atoms with Gasteiger partial charge in [0.2, 0.25) is 18.1 Å². The van der Waals surface area contributed by atoms with Crippen molar-refractivity contribution >= 4 is 17.5 Å². The van der Waals surface area contributed by atoms with Gasteiger partial charge < -0.3 is 25.1 Å². The van der Waals surface area contributed by atoms with E-state index in [9.17, 15) is 9.18 Å². The third-order valence-corrected chi connectivity index (χ3v) is 5.99. The third-order valence-electron chi connectivity index (χ3n) is 5.99. The van der Waals surface area contributed by atoms with E-state index >= 15 is 0 Å². The van der Waals surface area contributed by atoms with Crippen LogP contribution in [0.25, 0.3) is 22.6 Å². The molecule has 0 spiro atoms. The number of hydrogen-bond donors (Lipinski definition) is 3. The highest BCUT2D eigenvalue weighted by molar-refractivity contribution is 5.83. The maximum atomic E-state index is 13.6. The summed E-state index contributed by atoms with van der Waals surface area (Å²) in [7, 11) is 0. The monoisotopic (exact) mass is 513 g/mol. The highest BCUT2D eigenvalue weighted by atomic mass is 19.1. The molecule has 11 heteroatoms. The van der Waals surface area contributed by atoms with Gasteiger partial charge in [-0.2, -0.15) is 5.26 Å². The Bertz CT molecular complexity index is 1460. The minimum atomic E-state index is -0.951. The lowest BCUT2D eigenvalue weighted by Gasteiger charge is -2.35. The molecule has 0 bridgehead atoms. The summed E-state index contributed by atoms with van der Waals surface area (Å²) in [6.45, 7) is 1.74. The number of amides is 1. The Kier molecular flexibility index (Phi) is 7.08. The van der Waals surface area contributed by atoms with E-state index in [1.165, 1.54) is 12.1 Å². The molecule has 1 amide bonds. The quantitative estimate of drug-likeness (QED) is 0.314. The standard InChI is InChI=1S/C27H24FN7O3/c1-27(25(36)30-14-12-29)15-37-24(38-16-27)23-34-21(17-7-9-18(28)10-8-17)22(35-23)20-11-13-31-26(33-20)32-19-5-3-2-4-6-19/h2-11,13,24H,14-16H2,1H3,(H,30,36)(H,34,35)(H,31,32,33). The van der Waals surface area contributed by atoms with Crippen LogP contribution in [0.4, 0.5) is 16.0 Å². The van der Waals surface area contributed by atoms with Gasteiger partial charge in [0.1, 0.15) is 12.4 Å². The van der Waals surface area contributed by atoms with E-state index in [-0.39, 0.29) is 31.5 Å². The fraction of sp³-hybridized carbons (Fsp3) is 0.222.